The van der Waals surface area contributed by atoms with Crippen LogP contribution in [0.25, 0.3) is 0 Å². The largest absolute Gasteiger partial charge is 0.333 e. The Kier molecular flexibility index (Phi) is 5.34. The molecular weight excluding hydrogens is 413 g/mol. The fourth-order valence-corrected chi connectivity index (χ4v) is 3.88. The van der Waals surface area contributed by atoms with Crippen LogP contribution < -0.4 is 10.6 Å². The molecule has 0 bridgehead atoms. The zero-order chi connectivity index (χ0) is 20.5. The van der Waals surface area contributed by atoms with E-state index in [1.165, 1.54) is 4.90 Å². The van der Waals surface area contributed by atoms with Gasteiger partial charge in [-0.15, -0.1) is 0 Å². The topological polar surface area (TPSA) is 77.0 Å². The summed E-state index contributed by atoms with van der Waals surface area (Å²) in [5.74, 6) is 0.136. The number of nitrogens with zero attached hydrogens (tertiary/aromatic N) is 3. The standard InChI is InChI=1S/C20H19Cl2N5O2/c1-26-17-16(18(28)25-20(26)29)27(11-13-7-3-5-9-15(13)22)19(24-17)23-10-12-6-2-4-8-14(12)21/h2-9,16-17H,10-11H2,1H3,(H,23,24)(H,25,28,29). The van der Waals surface area contributed by atoms with E-state index in [0.29, 0.717) is 29.1 Å². The SMILES string of the molecule is CN1C(=O)NC(=O)C2C1NC(=NCc1ccccc1Cl)N2Cc1ccccc1Cl. The number of likely N-dealkylation sites (N-methyl/N-ethyl adjacent to an activating group) is 1. The molecule has 0 saturated carbocycles. The molecule has 0 spiro atoms. The molecule has 2 saturated heterocycles. The molecule has 2 fully saturated rings. The predicted octanol–water partition coefficient (Wildman–Crippen LogP) is 2.83. The van der Waals surface area contributed by atoms with Crippen LogP contribution in [-0.2, 0) is 17.9 Å². The Labute approximate surface area is 178 Å². The van der Waals surface area contributed by atoms with Gasteiger partial charge in [-0.2, -0.15) is 0 Å². The second kappa shape index (κ2) is 7.93. The van der Waals surface area contributed by atoms with Gasteiger partial charge in [-0.25, -0.2) is 9.79 Å². The first kappa shape index (κ1) is 19.5. The van der Waals surface area contributed by atoms with Crippen LogP contribution in [0.1, 0.15) is 11.1 Å². The molecule has 150 valence electrons. The van der Waals surface area contributed by atoms with Gasteiger partial charge in [0, 0.05) is 23.6 Å². The number of halogens is 2. The van der Waals surface area contributed by atoms with Crippen LogP contribution in [0.5, 0.6) is 0 Å². The molecule has 0 radical (unpaired) electrons. The van der Waals surface area contributed by atoms with Gasteiger partial charge in [-0.1, -0.05) is 59.6 Å². The molecule has 4 rings (SSSR count). The maximum absolute atomic E-state index is 12.6. The van der Waals surface area contributed by atoms with E-state index in [1.807, 2.05) is 41.3 Å². The fourth-order valence-electron chi connectivity index (χ4n) is 3.49. The van der Waals surface area contributed by atoms with Crippen LogP contribution in [-0.4, -0.2) is 47.0 Å². The lowest BCUT2D eigenvalue weighted by Crippen LogP contribution is -2.64. The smallest absolute Gasteiger partial charge is 0.325 e. The van der Waals surface area contributed by atoms with E-state index in [0.717, 1.165) is 11.1 Å². The van der Waals surface area contributed by atoms with Crippen molar-refractivity contribution in [2.45, 2.75) is 25.3 Å². The maximum Gasteiger partial charge on any atom is 0.325 e. The number of fused-ring (bicyclic) bond motifs is 1. The first-order chi connectivity index (χ1) is 14.0. The van der Waals surface area contributed by atoms with Gasteiger partial charge in [0.1, 0.15) is 6.17 Å². The highest BCUT2D eigenvalue weighted by atomic mass is 35.5. The summed E-state index contributed by atoms with van der Waals surface area (Å²) in [7, 11) is 1.64. The molecule has 2 unspecified atom stereocenters. The van der Waals surface area contributed by atoms with Crippen LogP contribution >= 0.6 is 23.2 Å². The monoisotopic (exact) mass is 431 g/mol. The highest BCUT2D eigenvalue weighted by Gasteiger charge is 2.49. The zero-order valence-electron chi connectivity index (χ0n) is 15.6. The molecule has 0 aliphatic carbocycles. The van der Waals surface area contributed by atoms with Gasteiger partial charge in [0.05, 0.1) is 6.54 Å². The van der Waals surface area contributed by atoms with Gasteiger partial charge in [-0.3, -0.25) is 10.1 Å². The molecule has 2 aromatic rings. The number of urea groups is 1. The van der Waals surface area contributed by atoms with Gasteiger partial charge in [0.25, 0.3) is 5.91 Å². The van der Waals surface area contributed by atoms with E-state index < -0.39 is 18.2 Å². The molecule has 2 aliphatic rings. The summed E-state index contributed by atoms with van der Waals surface area (Å²) in [5.41, 5.74) is 1.72. The summed E-state index contributed by atoms with van der Waals surface area (Å²) in [5, 5.41) is 6.83. The van der Waals surface area contributed by atoms with Crippen molar-refractivity contribution in [3.63, 3.8) is 0 Å². The number of carbonyl (C=O) groups is 2. The molecule has 2 aromatic carbocycles. The minimum Gasteiger partial charge on any atom is -0.333 e. The van der Waals surface area contributed by atoms with Crippen molar-refractivity contribution >= 4 is 41.1 Å². The summed E-state index contributed by atoms with van der Waals surface area (Å²) in [6.45, 7) is 0.699. The fraction of sp³-hybridized carbons (Fsp3) is 0.250. The Morgan fingerprint density at radius 1 is 1.00 bits per heavy atom. The minimum atomic E-state index is -0.626. The normalized spacial score (nSPS) is 22.5. The Balaban J connectivity index is 1.68. The van der Waals surface area contributed by atoms with Crippen molar-refractivity contribution in [3.05, 3.63) is 69.7 Å². The van der Waals surface area contributed by atoms with Gasteiger partial charge in [0.2, 0.25) is 0 Å². The zero-order valence-corrected chi connectivity index (χ0v) is 17.1. The third-order valence-electron chi connectivity index (χ3n) is 5.08. The molecule has 7 nitrogen and oxygen atoms in total. The first-order valence-corrected chi connectivity index (χ1v) is 9.83. The number of imide groups is 1. The number of nitrogens with one attached hydrogen (secondary N) is 2. The van der Waals surface area contributed by atoms with Gasteiger partial charge < -0.3 is 15.1 Å². The Bertz CT molecular complexity index is 996. The predicted molar refractivity (Wildman–Crippen MR) is 112 cm³/mol. The maximum atomic E-state index is 12.6. The molecule has 2 heterocycles. The number of carbonyl (C=O) groups excluding carboxylic acids is 2. The van der Waals surface area contributed by atoms with Crippen molar-refractivity contribution in [3.8, 4) is 0 Å². The molecule has 29 heavy (non-hydrogen) atoms. The van der Waals surface area contributed by atoms with Crippen LogP contribution in [0.3, 0.4) is 0 Å². The lowest BCUT2D eigenvalue weighted by molar-refractivity contribution is -0.127. The van der Waals surface area contributed by atoms with E-state index >= 15 is 0 Å². The number of hydrogen-bond acceptors (Lipinski definition) is 3. The van der Waals surface area contributed by atoms with E-state index in [9.17, 15) is 9.59 Å². The highest BCUT2D eigenvalue weighted by molar-refractivity contribution is 6.31. The number of rotatable bonds is 4. The second-order valence-corrected chi connectivity index (χ2v) is 7.70. The van der Waals surface area contributed by atoms with E-state index in [-0.39, 0.29) is 5.91 Å². The molecule has 2 N–H and O–H groups in total. The van der Waals surface area contributed by atoms with Crippen LogP contribution in [0, 0.1) is 0 Å². The lowest BCUT2D eigenvalue weighted by atomic mass is 10.1. The van der Waals surface area contributed by atoms with Crippen LogP contribution in [0.4, 0.5) is 4.79 Å². The molecule has 2 aliphatic heterocycles. The van der Waals surface area contributed by atoms with Crippen molar-refractivity contribution in [2.24, 2.45) is 4.99 Å². The van der Waals surface area contributed by atoms with E-state index in [1.54, 1.807) is 19.2 Å². The van der Waals surface area contributed by atoms with Crippen molar-refractivity contribution < 1.29 is 9.59 Å². The van der Waals surface area contributed by atoms with Crippen LogP contribution in [0.15, 0.2) is 53.5 Å². The summed E-state index contributed by atoms with van der Waals surface area (Å²) >= 11 is 12.6. The first-order valence-electron chi connectivity index (χ1n) is 9.08. The Morgan fingerprint density at radius 3 is 2.28 bits per heavy atom. The van der Waals surface area contributed by atoms with Crippen LogP contribution in [0.2, 0.25) is 10.0 Å². The average molecular weight is 432 g/mol. The number of benzene rings is 2. The van der Waals surface area contributed by atoms with Gasteiger partial charge in [0.15, 0.2) is 12.0 Å². The molecule has 0 aromatic heterocycles. The summed E-state index contributed by atoms with van der Waals surface area (Å²) in [6.07, 6.45) is -0.524. The van der Waals surface area contributed by atoms with Gasteiger partial charge >= 0.3 is 6.03 Å². The van der Waals surface area contributed by atoms with E-state index in [4.69, 9.17) is 23.2 Å². The molecule has 9 heteroatoms. The average Bonchev–Trinajstić information content (AvgIpc) is 3.06. The van der Waals surface area contributed by atoms with E-state index in [2.05, 4.69) is 15.6 Å². The second-order valence-electron chi connectivity index (χ2n) is 6.89. The third-order valence-corrected chi connectivity index (χ3v) is 5.81. The lowest BCUT2D eigenvalue weighted by Gasteiger charge is -2.35. The Hall–Kier alpha value is -2.77. The third kappa shape index (κ3) is 3.75. The number of guanidine groups is 1. The summed E-state index contributed by atoms with van der Waals surface area (Å²) in [4.78, 5) is 32.7. The van der Waals surface area contributed by atoms with Gasteiger partial charge in [-0.05, 0) is 23.3 Å². The quantitative estimate of drug-likeness (QED) is 0.779. The molecular formula is C20H19Cl2N5O2. The molecule has 3 amide bonds. The summed E-state index contributed by atoms with van der Waals surface area (Å²) < 4.78 is 0. The van der Waals surface area contributed by atoms with Crippen molar-refractivity contribution in [1.29, 1.82) is 0 Å². The van der Waals surface area contributed by atoms with Crippen molar-refractivity contribution in [2.75, 3.05) is 7.05 Å². The summed E-state index contributed by atoms with van der Waals surface area (Å²) in [6, 6.07) is 13.8. The highest BCUT2D eigenvalue weighted by Crippen LogP contribution is 2.26. The number of amides is 3. The van der Waals surface area contributed by atoms with Crippen molar-refractivity contribution in [1.82, 2.24) is 20.4 Å². The number of aliphatic imine (C=N–C) groups is 1. The number of hydrogen-bond donors (Lipinski definition) is 2. The molecule has 2 atom stereocenters. The minimum absolute atomic E-state index is 0.333. The Morgan fingerprint density at radius 2 is 1.62 bits per heavy atom.